The minimum atomic E-state index is -1.43. The minimum absolute atomic E-state index is 0.118. The number of ether oxygens (including phenoxy) is 9. The molecule has 0 aliphatic carbocycles. The lowest BCUT2D eigenvalue weighted by molar-refractivity contribution is -0.320. The normalized spacial score (nSPS) is 44.8. The summed E-state index contributed by atoms with van der Waals surface area (Å²) in [7, 11) is 6.83. The van der Waals surface area contributed by atoms with Crippen LogP contribution in [-0.4, -0.2) is 158 Å². The summed E-state index contributed by atoms with van der Waals surface area (Å²) in [6, 6.07) is -1.15. The molecule has 4 rings (SSSR count). The number of fused-ring (bicyclic) bond motifs is 1. The number of nitrogens with zero attached hydrogens (tertiary/aromatic N) is 2. The summed E-state index contributed by atoms with van der Waals surface area (Å²) in [5.41, 5.74) is -0.649. The van der Waals surface area contributed by atoms with Gasteiger partial charge in [-0.05, 0) is 74.9 Å². The first-order valence-electron chi connectivity index (χ1n) is 21.7. The Hall–Kier alpha value is -2.48. The van der Waals surface area contributed by atoms with Crippen LogP contribution in [0.2, 0.25) is 0 Å². The fourth-order valence-electron chi connectivity index (χ4n) is 10.2. The van der Waals surface area contributed by atoms with Crippen LogP contribution in [0, 0.1) is 23.7 Å². The van der Waals surface area contributed by atoms with Gasteiger partial charge < -0.3 is 52.6 Å². The molecule has 4 aliphatic heterocycles. The number of nitrogens with one attached hydrogen (secondary N) is 1. The van der Waals surface area contributed by atoms with Crippen LogP contribution in [0.25, 0.3) is 0 Å². The Kier molecular flexibility index (Phi) is 16.7. The van der Waals surface area contributed by atoms with E-state index < -0.39 is 114 Å². The molecule has 4 aliphatic rings. The van der Waals surface area contributed by atoms with Crippen LogP contribution in [0.1, 0.15) is 109 Å². The van der Waals surface area contributed by atoms with Crippen molar-refractivity contribution in [1.29, 1.82) is 0 Å². The highest BCUT2D eigenvalue weighted by Gasteiger charge is 2.61. The van der Waals surface area contributed by atoms with Gasteiger partial charge in [0.1, 0.15) is 29.6 Å². The van der Waals surface area contributed by atoms with Crippen LogP contribution in [-0.2, 0) is 57.0 Å². The van der Waals surface area contributed by atoms with Crippen molar-refractivity contribution in [1.82, 2.24) is 15.3 Å². The van der Waals surface area contributed by atoms with Crippen LogP contribution < -0.4 is 5.43 Å². The molecule has 17 nitrogen and oxygen atoms in total. The average molecular weight is 858 g/mol. The van der Waals surface area contributed by atoms with Crippen molar-refractivity contribution in [2.75, 3.05) is 34.9 Å². The summed E-state index contributed by atoms with van der Waals surface area (Å²) in [6.45, 7) is 21.5. The first-order chi connectivity index (χ1) is 27.9. The van der Waals surface area contributed by atoms with Gasteiger partial charge in [0.15, 0.2) is 24.3 Å². The number of hydrogen-bond acceptors (Lipinski definition) is 16. The van der Waals surface area contributed by atoms with Gasteiger partial charge >= 0.3 is 18.0 Å². The van der Waals surface area contributed by atoms with E-state index >= 15 is 0 Å². The maximum atomic E-state index is 14.7. The van der Waals surface area contributed by atoms with Gasteiger partial charge in [0, 0.05) is 57.9 Å². The number of cyclic esters (lactones) is 1. The maximum Gasteiger partial charge on any atom is 0.425 e. The Balaban J connectivity index is 1.90. The van der Waals surface area contributed by atoms with E-state index in [1.54, 1.807) is 27.7 Å². The number of ketones is 1. The van der Waals surface area contributed by atoms with E-state index in [4.69, 9.17) is 42.6 Å². The summed E-state index contributed by atoms with van der Waals surface area (Å²) in [4.78, 5) is 57.1. The molecule has 4 saturated heterocycles. The second kappa shape index (κ2) is 19.9. The Morgan fingerprint density at radius 3 is 2.08 bits per heavy atom. The summed E-state index contributed by atoms with van der Waals surface area (Å²) < 4.78 is 57.1. The largest absolute Gasteiger partial charge is 0.458 e. The van der Waals surface area contributed by atoms with Gasteiger partial charge in [-0.15, -0.1) is 0 Å². The van der Waals surface area contributed by atoms with Crippen molar-refractivity contribution < 1.29 is 66.9 Å². The molecule has 0 spiro atoms. The van der Waals surface area contributed by atoms with Crippen molar-refractivity contribution in [2.24, 2.45) is 23.7 Å². The zero-order valence-corrected chi connectivity index (χ0v) is 38.8. The molecule has 4 unspecified atom stereocenters. The van der Waals surface area contributed by atoms with E-state index in [0.717, 1.165) is 0 Å². The first kappa shape index (κ1) is 50.2. The lowest BCUT2D eigenvalue weighted by Gasteiger charge is -2.50. The minimum Gasteiger partial charge on any atom is -0.458 e. The molecule has 0 radical (unpaired) electrons. The number of aliphatic hydroxyl groups excluding tert-OH is 1. The second-order valence-corrected chi connectivity index (χ2v) is 18.4. The SMILES string of the molecule is CCNN1C(=O)O[C@]2(C)[C@@H](CC)OC(=O)[C@H](C)[C@@H](OC3CC(C)(OC)C(OC(C)=O)C(C)O3)[C@H](C)[C@@H](O[C@@H]3O[C@H](C)C[C@H](N(C)C)[C@H]3O)[C@](C)(OC)C[C@@H](C)C(=O)[C@H](C)[C@@H]12. The molecule has 17 heteroatoms. The quantitative estimate of drug-likeness (QED) is 0.224. The summed E-state index contributed by atoms with van der Waals surface area (Å²) in [5.74, 6) is -4.47. The Morgan fingerprint density at radius 1 is 0.917 bits per heavy atom. The van der Waals surface area contributed by atoms with Gasteiger partial charge in [-0.3, -0.25) is 14.4 Å². The third-order valence-electron chi connectivity index (χ3n) is 13.6. The third-order valence-corrected chi connectivity index (χ3v) is 13.6. The standard InChI is InChI=1S/C43H75N3O14/c1-17-30-43(12)35(46(44-18-2)40(51)60-43)24(5)32(48)22(3)20-41(10,52-15)36(59-39-33(49)29(45(13)14)19-23(4)54-39)25(6)34(26(7)38(50)57-30)58-31-21-42(11,53-16)37(27(8)55-31)56-28(9)47/h22-27,29-31,33-37,39,44,49H,17-21H2,1-16H3/t22-,23-,24+,25+,26-,27?,29+,30-,31?,33-,34+,35-,36-,37?,39+,41-,42?,43-/m1/s1. The maximum absolute atomic E-state index is 14.7. The van der Waals surface area contributed by atoms with Gasteiger partial charge in [0.25, 0.3) is 0 Å². The summed E-state index contributed by atoms with van der Waals surface area (Å²) in [6.07, 6.45) is -7.44. The number of aliphatic hydroxyl groups is 1. The second-order valence-electron chi connectivity index (χ2n) is 18.4. The smallest absolute Gasteiger partial charge is 0.425 e. The number of methoxy groups -OCH3 is 2. The molecular formula is C43H75N3O14. The number of amides is 1. The predicted octanol–water partition coefficient (Wildman–Crippen LogP) is 4.00. The monoisotopic (exact) mass is 858 g/mol. The summed E-state index contributed by atoms with van der Waals surface area (Å²) >= 11 is 0. The van der Waals surface area contributed by atoms with Gasteiger partial charge in [0.2, 0.25) is 0 Å². The zero-order valence-electron chi connectivity index (χ0n) is 38.8. The zero-order chi connectivity index (χ0) is 45.2. The van der Waals surface area contributed by atoms with Crippen molar-refractivity contribution in [2.45, 2.75) is 193 Å². The Bertz CT molecular complexity index is 1500. The number of hydrogen-bond donors (Lipinski definition) is 2. The van der Waals surface area contributed by atoms with Crippen LogP contribution in [0.15, 0.2) is 0 Å². The van der Waals surface area contributed by atoms with E-state index in [9.17, 15) is 24.3 Å². The fourth-order valence-corrected chi connectivity index (χ4v) is 10.2. The lowest BCUT2D eigenvalue weighted by Crippen LogP contribution is -2.62. The topological polar surface area (TPSA) is 190 Å². The number of carbonyl (C=O) groups is 4. The van der Waals surface area contributed by atoms with Crippen LogP contribution in [0.5, 0.6) is 0 Å². The molecule has 18 atom stereocenters. The van der Waals surface area contributed by atoms with Gasteiger partial charge in [-0.1, -0.05) is 34.6 Å². The highest BCUT2D eigenvalue weighted by atomic mass is 16.7. The average Bonchev–Trinajstić information content (AvgIpc) is 3.44. The van der Waals surface area contributed by atoms with E-state index in [0.29, 0.717) is 13.0 Å². The van der Waals surface area contributed by atoms with E-state index in [-0.39, 0.29) is 37.2 Å². The van der Waals surface area contributed by atoms with Crippen LogP contribution >= 0.6 is 0 Å². The van der Waals surface area contributed by atoms with E-state index in [1.807, 2.05) is 67.5 Å². The first-order valence-corrected chi connectivity index (χ1v) is 21.7. The molecule has 0 aromatic carbocycles. The van der Waals surface area contributed by atoms with Gasteiger partial charge in [-0.25, -0.2) is 15.2 Å². The molecule has 346 valence electrons. The van der Waals surface area contributed by atoms with Crippen LogP contribution in [0.4, 0.5) is 4.79 Å². The molecule has 4 fully saturated rings. The molecular weight excluding hydrogens is 782 g/mol. The Labute approximate surface area is 357 Å². The number of likely N-dealkylation sites (N-methyl/N-ethyl adjacent to an activating group) is 1. The number of hydrazine groups is 1. The molecule has 1 amide bonds. The number of rotatable bonds is 11. The van der Waals surface area contributed by atoms with E-state index in [1.165, 1.54) is 26.2 Å². The fraction of sp³-hybridized carbons (Fsp3) is 0.907. The summed E-state index contributed by atoms with van der Waals surface area (Å²) in [5, 5.41) is 13.1. The van der Waals surface area contributed by atoms with Gasteiger partial charge in [0.05, 0.1) is 35.9 Å². The van der Waals surface area contributed by atoms with Gasteiger partial charge in [-0.2, -0.15) is 0 Å². The van der Waals surface area contributed by atoms with Crippen molar-refractivity contribution >= 4 is 23.8 Å². The highest BCUT2D eigenvalue weighted by Crippen LogP contribution is 2.44. The molecule has 0 aromatic rings. The number of carbonyl (C=O) groups excluding carboxylic acids is 4. The van der Waals surface area contributed by atoms with Crippen molar-refractivity contribution in [3.63, 3.8) is 0 Å². The third kappa shape index (κ3) is 10.1. The van der Waals surface area contributed by atoms with Crippen molar-refractivity contribution in [3.8, 4) is 0 Å². The Morgan fingerprint density at radius 2 is 1.53 bits per heavy atom. The molecule has 2 N–H and O–H groups in total. The van der Waals surface area contributed by atoms with Crippen LogP contribution in [0.3, 0.4) is 0 Å². The molecule has 4 heterocycles. The lowest BCUT2D eigenvalue weighted by atomic mass is 9.73. The number of esters is 2. The molecule has 0 saturated carbocycles. The highest BCUT2D eigenvalue weighted by molar-refractivity contribution is 5.85. The molecule has 60 heavy (non-hydrogen) atoms. The predicted molar refractivity (Wildman–Crippen MR) is 218 cm³/mol. The van der Waals surface area contributed by atoms with E-state index in [2.05, 4.69) is 5.43 Å². The van der Waals surface area contributed by atoms with Crippen molar-refractivity contribution in [3.05, 3.63) is 0 Å². The molecule has 0 bridgehead atoms. The number of Topliss-reactive ketones (excluding diaryl/α,β-unsaturated/α-hetero) is 1. The molecule has 0 aromatic heterocycles.